The van der Waals surface area contributed by atoms with Gasteiger partial charge in [0.25, 0.3) is 0 Å². The molecule has 3 aromatic rings. The molecule has 1 aromatic heterocycles. The number of hydrogen-bond acceptors (Lipinski definition) is 4. The van der Waals surface area contributed by atoms with E-state index in [-0.39, 0.29) is 6.03 Å². The fraction of sp³-hybridized carbons (Fsp3) is 0.320. The van der Waals surface area contributed by atoms with Crippen LogP contribution in [0.4, 0.5) is 22.0 Å². The molecule has 2 aromatic carbocycles. The van der Waals surface area contributed by atoms with Crippen molar-refractivity contribution in [3.8, 4) is 11.3 Å². The van der Waals surface area contributed by atoms with Gasteiger partial charge in [0.15, 0.2) is 5.82 Å². The van der Waals surface area contributed by atoms with Gasteiger partial charge in [0, 0.05) is 30.0 Å². The second kappa shape index (κ2) is 9.16. The number of urea groups is 1. The zero-order chi connectivity index (χ0) is 21.8. The summed E-state index contributed by atoms with van der Waals surface area (Å²) < 4.78 is 0. The number of nitrogens with zero attached hydrogens (tertiary/aromatic N) is 3. The highest BCUT2D eigenvalue weighted by molar-refractivity contribution is 6.00. The SMILES string of the molecule is Cc1ccc(NC(=O)Nc2ccc(-c3ccc(N4CCC(C)CC4)nn3)cc2)c(C)c1. The molecule has 6 heteroatoms. The predicted octanol–water partition coefficient (Wildman–Crippen LogP) is 5.64. The zero-order valence-electron chi connectivity index (χ0n) is 18.4. The Morgan fingerprint density at radius 3 is 2.32 bits per heavy atom. The molecule has 0 radical (unpaired) electrons. The molecule has 0 saturated carbocycles. The monoisotopic (exact) mass is 415 g/mol. The van der Waals surface area contributed by atoms with Gasteiger partial charge in [-0.3, -0.25) is 0 Å². The highest BCUT2D eigenvalue weighted by atomic mass is 16.2. The van der Waals surface area contributed by atoms with Crippen LogP contribution in [0.5, 0.6) is 0 Å². The van der Waals surface area contributed by atoms with Crippen molar-refractivity contribution >= 4 is 23.2 Å². The maximum absolute atomic E-state index is 12.3. The van der Waals surface area contributed by atoms with Crippen LogP contribution >= 0.6 is 0 Å². The highest BCUT2D eigenvalue weighted by Crippen LogP contribution is 2.24. The van der Waals surface area contributed by atoms with Gasteiger partial charge in [0.2, 0.25) is 0 Å². The molecule has 4 rings (SSSR count). The largest absolute Gasteiger partial charge is 0.355 e. The molecule has 0 bridgehead atoms. The van der Waals surface area contributed by atoms with E-state index in [0.717, 1.165) is 53.0 Å². The number of nitrogens with one attached hydrogen (secondary N) is 2. The van der Waals surface area contributed by atoms with Crippen LogP contribution in [0.25, 0.3) is 11.3 Å². The van der Waals surface area contributed by atoms with Gasteiger partial charge in [-0.1, -0.05) is 36.8 Å². The lowest BCUT2D eigenvalue weighted by molar-refractivity contribution is 0.262. The summed E-state index contributed by atoms with van der Waals surface area (Å²) in [6.07, 6.45) is 2.41. The summed E-state index contributed by atoms with van der Waals surface area (Å²) in [5, 5.41) is 14.6. The molecule has 1 aliphatic heterocycles. The lowest BCUT2D eigenvalue weighted by Crippen LogP contribution is -2.33. The van der Waals surface area contributed by atoms with Crippen molar-refractivity contribution in [3.05, 3.63) is 65.7 Å². The van der Waals surface area contributed by atoms with Crippen molar-refractivity contribution < 1.29 is 4.79 Å². The standard InChI is InChI=1S/C25H29N5O/c1-17-12-14-30(15-13-17)24-11-10-23(28-29-24)20-5-7-21(8-6-20)26-25(31)27-22-9-4-18(2)16-19(22)3/h4-11,16-17H,12-15H2,1-3H3,(H2,26,27,31). The van der Waals surface area contributed by atoms with E-state index in [2.05, 4.69) is 32.7 Å². The Bertz CT molecular complexity index is 1040. The van der Waals surface area contributed by atoms with Crippen LogP contribution in [-0.2, 0) is 0 Å². The molecule has 0 spiro atoms. The van der Waals surface area contributed by atoms with E-state index < -0.39 is 0 Å². The molecule has 1 fully saturated rings. The van der Waals surface area contributed by atoms with E-state index in [1.165, 1.54) is 18.4 Å². The summed E-state index contributed by atoms with van der Waals surface area (Å²) in [5.41, 5.74) is 5.51. The van der Waals surface area contributed by atoms with Crippen molar-refractivity contribution in [1.29, 1.82) is 0 Å². The Labute approximate surface area is 183 Å². The molecule has 1 aliphatic rings. The number of aryl methyl sites for hydroxylation is 2. The number of rotatable bonds is 4. The minimum Gasteiger partial charge on any atom is -0.355 e. The summed E-state index contributed by atoms with van der Waals surface area (Å²) >= 11 is 0. The summed E-state index contributed by atoms with van der Waals surface area (Å²) in [6, 6.07) is 17.4. The summed E-state index contributed by atoms with van der Waals surface area (Å²) in [7, 11) is 0. The average molecular weight is 416 g/mol. The molecule has 0 aliphatic carbocycles. The normalized spacial score (nSPS) is 14.4. The van der Waals surface area contributed by atoms with E-state index >= 15 is 0 Å². The van der Waals surface area contributed by atoms with Crippen molar-refractivity contribution in [2.45, 2.75) is 33.6 Å². The fourth-order valence-corrected chi connectivity index (χ4v) is 3.85. The maximum atomic E-state index is 12.3. The van der Waals surface area contributed by atoms with E-state index in [0.29, 0.717) is 0 Å². The number of amides is 2. The third-order valence-electron chi connectivity index (χ3n) is 5.83. The smallest absolute Gasteiger partial charge is 0.323 e. The lowest BCUT2D eigenvalue weighted by atomic mass is 9.99. The average Bonchev–Trinajstić information content (AvgIpc) is 2.77. The van der Waals surface area contributed by atoms with Crippen molar-refractivity contribution in [2.24, 2.45) is 5.92 Å². The molecule has 160 valence electrons. The number of piperidine rings is 1. The molecule has 6 nitrogen and oxygen atoms in total. The van der Waals surface area contributed by atoms with Gasteiger partial charge in [0.05, 0.1) is 5.69 Å². The number of benzene rings is 2. The molecule has 31 heavy (non-hydrogen) atoms. The predicted molar refractivity (Wildman–Crippen MR) is 127 cm³/mol. The van der Waals surface area contributed by atoms with Crippen LogP contribution in [0.3, 0.4) is 0 Å². The van der Waals surface area contributed by atoms with Gasteiger partial charge >= 0.3 is 6.03 Å². The van der Waals surface area contributed by atoms with Crippen LogP contribution in [0, 0.1) is 19.8 Å². The van der Waals surface area contributed by atoms with Gasteiger partial charge in [-0.25, -0.2) is 4.79 Å². The van der Waals surface area contributed by atoms with Gasteiger partial charge in [-0.2, -0.15) is 0 Å². The summed E-state index contributed by atoms with van der Waals surface area (Å²) in [5.74, 6) is 1.73. The Kier molecular flexibility index (Phi) is 6.16. The third-order valence-corrected chi connectivity index (χ3v) is 5.83. The summed E-state index contributed by atoms with van der Waals surface area (Å²) in [4.78, 5) is 14.6. The Morgan fingerprint density at radius 2 is 1.68 bits per heavy atom. The molecular weight excluding hydrogens is 386 g/mol. The number of aromatic nitrogens is 2. The first-order valence-corrected chi connectivity index (χ1v) is 10.8. The number of carbonyl (C=O) groups excluding carboxylic acids is 1. The minimum atomic E-state index is -0.264. The maximum Gasteiger partial charge on any atom is 0.323 e. The summed E-state index contributed by atoms with van der Waals surface area (Å²) in [6.45, 7) is 8.40. The molecule has 2 heterocycles. The Balaban J connectivity index is 1.37. The molecule has 1 saturated heterocycles. The first-order chi connectivity index (χ1) is 15.0. The second-order valence-corrected chi connectivity index (χ2v) is 8.42. The Morgan fingerprint density at radius 1 is 0.935 bits per heavy atom. The number of carbonyl (C=O) groups is 1. The molecule has 2 amide bonds. The van der Waals surface area contributed by atoms with Crippen molar-refractivity contribution in [2.75, 3.05) is 28.6 Å². The van der Waals surface area contributed by atoms with Crippen molar-refractivity contribution in [3.63, 3.8) is 0 Å². The van der Waals surface area contributed by atoms with Gasteiger partial charge in [0.1, 0.15) is 0 Å². The van der Waals surface area contributed by atoms with Crippen LogP contribution in [0.15, 0.2) is 54.6 Å². The van der Waals surface area contributed by atoms with E-state index in [9.17, 15) is 4.79 Å². The van der Waals surface area contributed by atoms with Gasteiger partial charge in [-0.05, 0) is 68.5 Å². The molecule has 2 N–H and O–H groups in total. The lowest BCUT2D eigenvalue weighted by Gasteiger charge is -2.30. The van der Waals surface area contributed by atoms with Crippen LogP contribution < -0.4 is 15.5 Å². The van der Waals surface area contributed by atoms with Crippen LogP contribution in [0.2, 0.25) is 0 Å². The van der Waals surface area contributed by atoms with E-state index in [1.54, 1.807) is 0 Å². The van der Waals surface area contributed by atoms with Gasteiger partial charge < -0.3 is 15.5 Å². The topological polar surface area (TPSA) is 70.2 Å². The molecule has 0 atom stereocenters. The number of hydrogen-bond donors (Lipinski definition) is 2. The number of anilines is 3. The first kappa shape index (κ1) is 20.8. The molecular formula is C25H29N5O. The quantitative estimate of drug-likeness (QED) is 0.578. The zero-order valence-corrected chi connectivity index (χ0v) is 18.4. The van der Waals surface area contributed by atoms with E-state index in [4.69, 9.17) is 0 Å². The van der Waals surface area contributed by atoms with Gasteiger partial charge in [-0.15, -0.1) is 10.2 Å². The third kappa shape index (κ3) is 5.20. The van der Waals surface area contributed by atoms with Crippen molar-refractivity contribution in [1.82, 2.24) is 10.2 Å². The van der Waals surface area contributed by atoms with E-state index in [1.807, 2.05) is 68.4 Å². The fourth-order valence-electron chi connectivity index (χ4n) is 3.85. The van der Waals surface area contributed by atoms with Crippen LogP contribution in [-0.4, -0.2) is 29.3 Å². The first-order valence-electron chi connectivity index (χ1n) is 10.8. The Hall–Kier alpha value is -3.41. The highest BCUT2D eigenvalue weighted by Gasteiger charge is 2.17. The second-order valence-electron chi connectivity index (χ2n) is 8.42. The minimum absolute atomic E-state index is 0.264. The van der Waals surface area contributed by atoms with Crippen LogP contribution in [0.1, 0.15) is 30.9 Å². The molecule has 0 unspecified atom stereocenters.